The number of aromatic amines is 1. The van der Waals surface area contributed by atoms with Gasteiger partial charge in [-0.1, -0.05) is 33.6 Å². The molecule has 1 N–H and O–H groups in total. The van der Waals surface area contributed by atoms with Gasteiger partial charge in [0.05, 0.1) is 5.39 Å². The van der Waals surface area contributed by atoms with Gasteiger partial charge in [0.2, 0.25) is 0 Å². The molecule has 6 heteroatoms. The van der Waals surface area contributed by atoms with Crippen molar-refractivity contribution < 1.29 is 0 Å². The summed E-state index contributed by atoms with van der Waals surface area (Å²) in [6, 6.07) is 9.80. The quantitative estimate of drug-likeness (QED) is 0.529. The van der Waals surface area contributed by atoms with E-state index in [0.717, 1.165) is 31.6 Å². The van der Waals surface area contributed by atoms with Crippen LogP contribution < -0.4 is 5.56 Å². The Hall–Kier alpha value is -2.31. The van der Waals surface area contributed by atoms with Crippen LogP contribution in [0.25, 0.3) is 32.7 Å². The van der Waals surface area contributed by atoms with Crippen molar-refractivity contribution in [2.24, 2.45) is 0 Å². The van der Waals surface area contributed by atoms with E-state index in [4.69, 9.17) is 0 Å². The Morgan fingerprint density at radius 1 is 1.21 bits per heavy atom. The molecule has 0 bridgehead atoms. The standard InChI is InChI=1S/C18H12BrN3OS/c1-10-4-5-14(19)12(7-10)13-9-24-18-15(13)17(23)21-16(22-18)11-3-2-6-20-8-11/h2-9H,1H3,(H,21,22,23). The Kier molecular flexibility index (Phi) is 3.78. The van der Waals surface area contributed by atoms with E-state index in [1.807, 2.05) is 36.6 Å². The summed E-state index contributed by atoms with van der Waals surface area (Å²) in [6.45, 7) is 2.04. The van der Waals surface area contributed by atoms with Crippen molar-refractivity contribution in [3.05, 3.63) is 68.5 Å². The number of nitrogens with one attached hydrogen (secondary N) is 1. The van der Waals surface area contributed by atoms with Gasteiger partial charge in [-0.05, 0) is 30.7 Å². The van der Waals surface area contributed by atoms with E-state index in [-0.39, 0.29) is 5.56 Å². The van der Waals surface area contributed by atoms with E-state index in [0.29, 0.717) is 11.2 Å². The molecule has 4 nitrogen and oxygen atoms in total. The van der Waals surface area contributed by atoms with Crippen LogP contribution in [0.5, 0.6) is 0 Å². The fraction of sp³-hybridized carbons (Fsp3) is 0.0556. The highest BCUT2D eigenvalue weighted by molar-refractivity contribution is 9.10. The minimum Gasteiger partial charge on any atom is -0.306 e. The molecule has 118 valence electrons. The number of nitrogens with zero attached hydrogens (tertiary/aromatic N) is 2. The lowest BCUT2D eigenvalue weighted by molar-refractivity contribution is 1.17. The summed E-state index contributed by atoms with van der Waals surface area (Å²) in [5, 5.41) is 2.61. The highest BCUT2D eigenvalue weighted by Gasteiger charge is 2.15. The van der Waals surface area contributed by atoms with Gasteiger partial charge in [0.1, 0.15) is 10.7 Å². The number of hydrogen-bond acceptors (Lipinski definition) is 4. The van der Waals surface area contributed by atoms with Crippen LogP contribution in [0.2, 0.25) is 0 Å². The third kappa shape index (κ3) is 2.57. The number of hydrogen-bond donors (Lipinski definition) is 1. The minimum atomic E-state index is -0.136. The van der Waals surface area contributed by atoms with Crippen LogP contribution in [0.3, 0.4) is 0 Å². The zero-order valence-corrected chi connectivity index (χ0v) is 15.1. The molecule has 0 unspecified atom stereocenters. The van der Waals surface area contributed by atoms with E-state index in [1.165, 1.54) is 11.3 Å². The second kappa shape index (κ2) is 5.96. The zero-order chi connectivity index (χ0) is 16.7. The first-order chi connectivity index (χ1) is 11.6. The monoisotopic (exact) mass is 397 g/mol. The van der Waals surface area contributed by atoms with Gasteiger partial charge in [0, 0.05) is 33.4 Å². The van der Waals surface area contributed by atoms with Gasteiger partial charge in [-0.3, -0.25) is 9.78 Å². The zero-order valence-electron chi connectivity index (χ0n) is 12.7. The first kappa shape index (κ1) is 15.2. The van der Waals surface area contributed by atoms with Gasteiger partial charge in [0.25, 0.3) is 5.56 Å². The Morgan fingerprint density at radius 3 is 2.88 bits per heavy atom. The topological polar surface area (TPSA) is 58.6 Å². The molecule has 0 fully saturated rings. The summed E-state index contributed by atoms with van der Waals surface area (Å²) in [5.41, 5.74) is 3.70. The van der Waals surface area contributed by atoms with Crippen molar-refractivity contribution in [3.8, 4) is 22.5 Å². The normalized spacial score (nSPS) is 11.1. The van der Waals surface area contributed by atoms with Crippen molar-refractivity contribution in [3.63, 3.8) is 0 Å². The maximum Gasteiger partial charge on any atom is 0.260 e. The number of thiophene rings is 1. The lowest BCUT2D eigenvalue weighted by Crippen LogP contribution is -2.09. The summed E-state index contributed by atoms with van der Waals surface area (Å²) in [6.07, 6.45) is 3.38. The van der Waals surface area contributed by atoms with E-state index >= 15 is 0 Å². The molecule has 0 amide bonds. The highest BCUT2D eigenvalue weighted by atomic mass is 79.9. The van der Waals surface area contributed by atoms with Crippen molar-refractivity contribution in [1.82, 2.24) is 15.0 Å². The molecular formula is C18H12BrN3OS. The van der Waals surface area contributed by atoms with Gasteiger partial charge in [-0.25, -0.2) is 4.98 Å². The smallest absolute Gasteiger partial charge is 0.260 e. The van der Waals surface area contributed by atoms with Crippen LogP contribution in [-0.2, 0) is 0 Å². The molecule has 0 atom stereocenters. The van der Waals surface area contributed by atoms with Crippen LogP contribution in [0.4, 0.5) is 0 Å². The van der Waals surface area contributed by atoms with E-state index in [9.17, 15) is 4.79 Å². The number of aryl methyl sites for hydroxylation is 1. The van der Waals surface area contributed by atoms with Crippen molar-refractivity contribution >= 4 is 37.5 Å². The Bertz CT molecular complexity index is 1100. The molecule has 4 rings (SSSR count). The number of fused-ring (bicyclic) bond motifs is 1. The molecule has 0 saturated heterocycles. The predicted molar refractivity (Wildman–Crippen MR) is 101 cm³/mol. The summed E-state index contributed by atoms with van der Waals surface area (Å²) in [7, 11) is 0. The van der Waals surface area contributed by atoms with E-state index < -0.39 is 0 Å². The molecular weight excluding hydrogens is 386 g/mol. The number of H-pyrrole nitrogens is 1. The third-order valence-electron chi connectivity index (χ3n) is 3.79. The molecule has 0 spiro atoms. The molecule has 24 heavy (non-hydrogen) atoms. The average Bonchev–Trinajstić information content (AvgIpc) is 3.02. The van der Waals surface area contributed by atoms with Crippen molar-refractivity contribution in [2.45, 2.75) is 6.92 Å². The van der Waals surface area contributed by atoms with Gasteiger partial charge >= 0.3 is 0 Å². The van der Waals surface area contributed by atoms with Crippen LogP contribution in [0.15, 0.2) is 57.4 Å². The molecule has 3 aromatic heterocycles. The minimum absolute atomic E-state index is 0.136. The second-order valence-corrected chi connectivity index (χ2v) is 7.18. The molecule has 4 aromatic rings. The lowest BCUT2D eigenvalue weighted by Gasteiger charge is -2.05. The fourth-order valence-corrected chi connectivity index (χ4v) is 4.03. The Balaban J connectivity index is 1.95. The predicted octanol–water partition coefficient (Wildman–Crippen LogP) is 4.78. The average molecular weight is 398 g/mol. The summed E-state index contributed by atoms with van der Waals surface area (Å²) >= 11 is 5.05. The first-order valence-corrected chi connectivity index (χ1v) is 8.99. The van der Waals surface area contributed by atoms with Crippen LogP contribution in [0.1, 0.15) is 5.56 Å². The molecule has 3 heterocycles. The van der Waals surface area contributed by atoms with Gasteiger partial charge in [0.15, 0.2) is 0 Å². The SMILES string of the molecule is Cc1ccc(Br)c(-c2csc3nc(-c4cccnc4)[nH]c(=O)c23)c1. The Morgan fingerprint density at radius 2 is 2.08 bits per heavy atom. The molecule has 0 saturated carbocycles. The maximum absolute atomic E-state index is 12.7. The lowest BCUT2D eigenvalue weighted by atomic mass is 10.0. The molecule has 0 aliphatic rings. The van der Waals surface area contributed by atoms with Crippen LogP contribution >= 0.6 is 27.3 Å². The van der Waals surface area contributed by atoms with Crippen molar-refractivity contribution in [2.75, 3.05) is 0 Å². The van der Waals surface area contributed by atoms with E-state index in [1.54, 1.807) is 12.4 Å². The van der Waals surface area contributed by atoms with E-state index in [2.05, 4.69) is 36.9 Å². The van der Waals surface area contributed by atoms with Gasteiger partial charge in [-0.2, -0.15) is 0 Å². The summed E-state index contributed by atoms with van der Waals surface area (Å²) in [5.74, 6) is 0.539. The molecule has 0 aliphatic carbocycles. The number of aromatic nitrogens is 3. The number of rotatable bonds is 2. The molecule has 0 radical (unpaired) electrons. The molecule has 0 aliphatic heterocycles. The summed E-state index contributed by atoms with van der Waals surface area (Å²) < 4.78 is 0.962. The number of benzene rings is 1. The van der Waals surface area contributed by atoms with Crippen molar-refractivity contribution in [1.29, 1.82) is 0 Å². The second-order valence-electron chi connectivity index (χ2n) is 5.47. The number of pyridine rings is 1. The van der Waals surface area contributed by atoms with Crippen LogP contribution in [-0.4, -0.2) is 15.0 Å². The molecule has 1 aromatic carbocycles. The van der Waals surface area contributed by atoms with Crippen LogP contribution in [0, 0.1) is 6.92 Å². The summed E-state index contributed by atoms with van der Waals surface area (Å²) in [4.78, 5) is 25.0. The first-order valence-electron chi connectivity index (χ1n) is 7.32. The fourth-order valence-electron chi connectivity index (χ4n) is 2.63. The van der Waals surface area contributed by atoms with Gasteiger partial charge < -0.3 is 4.98 Å². The number of halogens is 1. The maximum atomic E-state index is 12.7. The van der Waals surface area contributed by atoms with Gasteiger partial charge in [-0.15, -0.1) is 11.3 Å². The highest BCUT2D eigenvalue weighted by Crippen LogP contribution is 2.36. The largest absolute Gasteiger partial charge is 0.306 e. The third-order valence-corrected chi connectivity index (χ3v) is 5.35. The Labute approximate surface area is 150 Å².